The molecule has 2 N–H and O–H groups in total. The predicted molar refractivity (Wildman–Crippen MR) is 104 cm³/mol. The maximum atomic E-state index is 10.7. The zero-order valence-electron chi connectivity index (χ0n) is 16.1. The molecular weight excluding hydrogens is 300 g/mol. The Morgan fingerprint density at radius 3 is 1.62 bits per heavy atom. The smallest absolute Gasteiger partial charge is 0.245 e. The van der Waals surface area contributed by atoms with E-state index in [-0.39, 0.29) is 11.8 Å². The first kappa shape index (κ1) is 24.7. The van der Waals surface area contributed by atoms with Crippen molar-refractivity contribution in [3.05, 3.63) is 24.8 Å². The zero-order valence-corrected chi connectivity index (χ0v) is 16.1. The normalized spacial score (nSPS) is 9.62. The van der Waals surface area contributed by atoms with Crippen LogP contribution in [0.25, 0.3) is 0 Å². The standard InChI is InChI=1S/C15H29NO.C5H9NO/c1-3-4-5-6-7-8-9-10-11-12-13-14(2)15(16)17;1-4-5(7)6(2)3/h2-13H2,1H3,(H2,16,17);4H,1H2,2-3H3. The van der Waals surface area contributed by atoms with Crippen molar-refractivity contribution in [1.29, 1.82) is 0 Å². The quantitative estimate of drug-likeness (QED) is 0.394. The van der Waals surface area contributed by atoms with Crippen molar-refractivity contribution in [2.24, 2.45) is 5.73 Å². The fourth-order valence-corrected chi connectivity index (χ4v) is 2.13. The van der Waals surface area contributed by atoms with Crippen molar-refractivity contribution in [2.75, 3.05) is 14.1 Å². The average molecular weight is 339 g/mol. The van der Waals surface area contributed by atoms with Crippen molar-refractivity contribution in [3.8, 4) is 0 Å². The van der Waals surface area contributed by atoms with Crippen LogP contribution in [0, 0.1) is 0 Å². The van der Waals surface area contributed by atoms with Gasteiger partial charge in [-0.05, 0) is 18.9 Å². The van der Waals surface area contributed by atoms with Gasteiger partial charge in [0.2, 0.25) is 11.8 Å². The van der Waals surface area contributed by atoms with Crippen LogP contribution in [0.1, 0.15) is 77.6 Å². The Hall–Kier alpha value is -1.58. The summed E-state index contributed by atoms with van der Waals surface area (Å²) in [6, 6.07) is 0. The first-order valence-corrected chi connectivity index (χ1v) is 9.18. The van der Waals surface area contributed by atoms with E-state index in [0.717, 1.165) is 12.8 Å². The van der Waals surface area contributed by atoms with E-state index in [4.69, 9.17) is 5.73 Å². The summed E-state index contributed by atoms with van der Waals surface area (Å²) in [5, 5.41) is 0. The molecule has 0 spiro atoms. The molecule has 0 fully saturated rings. The SMILES string of the molecule is C=C(CCCCCCCCCCCC)C(N)=O.C=CC(=O)N(C)C. The Bertz CT molecular complexity index is 363. The zero-order chi connectivity index (χ0) is 18.8. The van der Waals surface area contributed by atoms with Crippen molar-refractivity contribution in [1.82, 2.24) is 4.90 Å². The molecule has 0 heterocycles. The fourth-order valence-electron chi connectivity index (χ4n) is 2.13. The lowest BCUT2D eigenvalue weighted by Gasteiger charge is -2.03. The number of carbonyl (C=O) groups is 2. The van der Waals surface area contributed by atoms with E-state index in [1.54, 1.807) is 14.1 Å². The van der Waals surface area contributed by atoms with Gasteiger partial charge in [-0.2, -0.15) is 0 Å². The minimum Gasteiger partial charge on any atom is -0.366 e. The van der Waals surface area contributed by atoms with E-state index in [9.17, 15) is 9.59 Å². The molecule has 0 unspecified atom stereocenters. The van der Waals surface area contributed by atoms with Gasteiger partial charge in [-0.25, -0.2) is 0 Å². The van der Waals surface area contributed by atoms with Crippen LogP contribution in [0.5, 0.6) is 0 Å². The Labute approximate surface area is 149 Å². The highest BCUT2D eigenvalue weighted by atomic mass is 16.2. The largest absolute Gasteiger partial charge is 0.366 e. The molecule has 24 heavy (non-hydrogen) atoms. The molecule has 0 aliphatic rings. The summed E-state index contributed by atoms with van der Waals surface area (Å²) in [5.41, 5.74) is 5.69. The summed E-state index contributed by atoms with van der Waals surface area (Å²) < 4.78 is 0. The highest BCUT2D eigenvalue weighted by molar-refractivity contribution is 5.91. The van der Waals surface area contributed by atoms with Crippen molar-refractivity contribution < 1.29 is 9.59 Å². The van der Waals surface area contributed by atoms with Crippen molar-refractivity contribution in [2.45, 2.75) is 77.6 Å². The number of primary amides is 1. The van der Waals surface area contributed by atoms with Crippen LogP contribution in [0.15, 0.2) is 24.8 Å². The highest BCUT2D eigenvalue weighted by Crippen LogP contribution is 2.12. The van der Waals surface area contributed by atoms with Gasteiger partial charge in [0, 0.05) is 19.7 Å². The highest BCUT2D eigenvalue weighted by Gasteiger charge is 2.00. The van der Waals surface area contributed by atoms with E-state index < -0.39 is 0 Å². The maximum absolute atomic E-state index is 10.7. The lowest BCUT2D eigenvalue weighted by atomic mass is 10.0. The van der Waals surface area contributed by atoms with E-state index in [2.05, 4.69) is 20.1 Å². The van der Waals surface area contributed by atoms with Gasteiger partial charge < -0.3 is 10.6 Å². The monoisotopic (exact) mass is 338 g/mol. The predicted octanol–water partition coefficient (Wildman–Crippen LogP) is 4.60. The number of amides is 2. The van der Waals surface area contributed by atoms with Gasteiger partial charge in [-0.15, -0.1) is 0 Å². The summed E-state index contributed by atoms with van der Waals surface area (Å²) in [7, 11) is 3.37. The molecule has 4 heteroatoms. The van der Waals surface area contributed by atoms with Gasteiger partial charge >= 0.3 is 0 Å². The first-order valence-electron chi connectivity index (χ1n) is 9.18. The van der Waals surface area contributed by atoms with Gasteiger partial charge in [0.1, 0.15) is 0 Å². The summed E-state index contributed by atoms with van der Waals surface area (Å²) >= 11 is 0. The summed E-state index contributed by atoms with van der Waals surface area (Å²) in [4.78, 5) is 22.5. The molecule has 0 aliphatic carbocycles. The van der Waals surface area contributed by atoms with E-state index in [1.165, 1.54) is 68.8 Å². The number of carbonyl (C=O) groups excluding carboxylic acids is 2. The Kier molecular flexibility index (Phi) is 18.3. The number of hydrogen-bond acceptors (Lipinski definition) is 2. The molecule has 0 bridgehead atoms. The molecular formula is C20H38N2O2. The van der Waals surface area contributed by atoms with Crippen LogP contribution in [-0.2, 0) is 9.59 Å². The molecule has 0 rings (SSSR count). The summed E-state index contributed by atoms with van der Waals surface area (Å²) in [6.45, 7) is 9.20. The molecule has 2 amide bonds. The van der Waals surface area contributed by atoms with Crippen LogP contribution >= 0.6 is 0 Å². The molecule has 0 saturated heterocycles. The van der Waals surface area contributed by atoms with Crippen LogP contribution < -0.4 is 5.73 Å². The fraction of sp³-hybridized carbons (Fsp3) is 0.700. The van der Waals surface area contributed by atoms with E-state index in [1.807, 2.05) is 0 Å². The van der Waals surface area contributed by atoms with E-state index >= 15 is 0 Å². The molecule has 0 saturated carbocycles. The Morgan fingerprint density at radius 2 is 1.33 bits per heavy atom. The van der Waals surface area contributed by atoms with Crippen LogP contribution in [0.2, 0.25) is 0 Å². The van der Waals surface area contributed by atoms with Crippen molar-refractivity contribution >= 4 is 11.8 Å². The van der Waals surface area contributed by atoms with Gasteiger partial charge in [-0.1, -0.05) is 77.9 Å². The average Bonchev–Trinajstić information content (AvgIpc) is 2.55. The third-order valence-electron chi connectivity index (χ3n) is 3.80. The molecule has 0 aromatic carbocycles. The number of hydrogen-bond donors (Lipinski definition) is 1. The third kappa shape index (κ3) is 18.5. The Balaban J connectivity index is 0. The molecule has 0 aromatic rings. The second-order valence-corrected chi connectivity index (χ2v) is 6.34. The number of unbranched alkanes of at least 4 members (excludes halogenated alkanes) is 9. The minimum absolute atomic E-state index is 0.0556. The third-order valence-corrected chi connectivity index (χ3v) is 3.80. The summed E-state index contributed by atoms with van der Waals surface area (Å²) in [5.74, 6) is -0.402. The molecule has 0 atom stereocenters. The van der Waals surface area contributed by atoms with Crippen LogP contribution in [-0.4, -0.2) is 30.8 Å². The van der Waals surface area contributed by atoms with Gasteiger partial charge in [-0.3, -0.25) is 9.59 Å². The van der Waals surface area contributed by atoms with Crippen LogP contribution in [0.4, 0.5) is 0 Å². The van der Waals surface area contributed by atoms with Gasteiger partial charge in [0.25, 0.3) is 0 Å². The number of rotatable bonds is 13. The first-order chi connectivity index (χ1) is 11.4. The van der Waals surface area contributed by atoms with E-state index in [0.29, 0.717) is 5.57 Å². The van der Waals surface area contributed by atoms with Gasteiger partial charge in [0.05, 0.1) is 0 Å². The molecule has 4 nitrogen and oxygen atoms in total. The number of likely N-dealkylation sites (N-methyl/N-ethyl adjacent to an activating group) is 1. The summed E-state index contributed by atoms with van der Waals surface area (Å²) in [6.07, 6.45) is 15.1. The molecule has 0 aromatic heterocycles. The van der Waals surface area contributed by atoms with Crippen LogP contribution in [0.3, 0.4) is 0 Å². The molecule has 0 aliphatic heterocycles. The second kappa shape index (κ2) is 17.8. The van der Waals surface area contributed by atoms with Gasteiger partial charge in [0.15, 0.2) is 0 Å². The lowest BCUT2D eigenvalue weighted by Crippen LogP contribution is -2.18. The topological polar surface area (TPSA) is 63.4 Å². The molecule has 140 valence electrons. The number of nitrogens with two attached hydrogens (primary N) is 1. The second-order valence-electron chi connectivity index (χ2n) is 6.34. The Morgan fingerprint density at radius 1 is 0.917 bits per heavy atom. The van der Waals surface area contributed by atoms with Crippen molar-refractivity contribution in [3.63, 3.8) is 0 Å². The molecule has 0 radical (unpaired) electrons. The maximum Gasteiger partial charge on any atom is 0.245 e. The lowest BCUT2D eigenvalue weighted by molar-refractivity contribution is -0.123. The number of nitrogens with zero attached hydrogens (tertiary/aromatic N) is 1. The minimum atomic E-state index is -0.346.